The Kier molecular flexibility index (Phi) is 3.19. The molecule has 0 atom stereocenters. The number of benzene rings is 2. The number of aryl methyl sites for hydroxylation is 1. The van der Waals surface area contributed by atoms with Gasteiger partial charge in [-0.25, -0.2) is 0 Å². The minimum atomic E-state index is -0.149. The molecule has 0 spiro atoms. The lowest BCUT2D eigenvalue weighted by Crippen LogP contribution is -2.14. The standard InChI is InChI=1S/C18H13BrN2O/c19-14-5-3-4-12(11-14)10-13-8-9-21-16-7-2-1-6-15(16)18(22)20-17(13)21/h1-7,10-11H,8-9H2. The van der Waals surface area contributed by atoms with E-state index in [9.17, 15) is 4.79 Å². The smallest absolute Gasteiger partial charge is 0.281 e. The molecule has 1 aromatic heterocycles. The quantitative estimate of drug-likeness (QED) is 0.660. The van der Waals surface area contributed by atoms with E-state index >= 15 is 0 Å². The lowest BCUT2D eigenvalue weighted by molar-refractivity contribution is 0.772. The van der Waals surface area contributed by atoms with Crippen LogP contribution in [-0.4, -0.2) is 9.55 Å². The number of rotatable bonds is 1. The van der Waals surface area contributed by atoms with Crippen LogP contribution in [0.2, 0.25) is 0 Å². The molecule has 0 bridgehead atoms. The maximum absolute atomic E-state index is 12.2. The molecule has 0 radical (unpaired) electrons. The van der Waals surface area contributed by atoms with Gasteiger partial charge in [-0.3, -0.25) is 4.79 Å². The highest BCUT2D eigenvalue weighted by Gasteiger charge is 2.20. The summed E-state index contributed by atoms with van der Waals surface area (Å²) in [5.41, 5.74) is 3.04. The zero-order valence-corrected chi connectivity index (χ0v) is 13.4. The van der Waals surface area contributed by atoms with Gasteiger partial charge in [-0.05, 0) is 47.9 Å². The van der Waals surface area contributed by atoms with Crippen LogP contribution in [0.3, 0.4) is 0 Å². The molecule has 108 valence electrons. The molecule has 4 rings (SSSR count). The first-order valence-corrected chi connectivity index (χ1v) is 7.98. The van der Waals surface area contributed by atoms with Crippen LogP contribution < -0.4 is 5.56 Å². The highest BCUT2D eigenvalue weighted by Crippen LogP contribution is 2.29. The molecule has 0 amide bonds. The molecule has 3 aromatic rings. The van der Waals surface area contributed by atoms with E-state index < -0.39 is 0 Å². The van der Waals surface area contributed by atoms with Crippen LogP contribution in [0.5, 0.6) is 0 Å². The Balaban J connectivity index is 1.91. The maximum atomic E-state index is 12.2. The number of halogens is 1. The summed E-state index contributed by atoms with van der Waals surface area (Å²) < 4.78 is 3.18. The van der Waals surface area contributed by atoms with E-state index in [-0.39, 0.29) is 5.56 Å². The Morgan fingerprint density at radius 2 is 2.00 bits per heavy atom. The average molecular weight is 353 g/mol. The molecule has 2 aromatic carbocycles. The van der Waals surface area contributed by atoms with Gasteiger partial charge in [0, 0.05) is 11.0 Å². The molecule has 1 aliphatic rings. The molecule has 3 nitrogen and oxygen atoms in total. The monoisotopic (exact) mass is 352 g/mol. The molecular formula is C18H13BrN2O. The summed E-state index contributed by atoms with van der Waals surface area (Å²) in [5.74, 6) is 0.795. The summed E-state index contributed by atoms with van der Waals surface area (Å²) >= 11 is 3.49. The second-order valence-corrected chi connectivity index (χ2v) is 6.30. The number of allylic oxidation sites excluding steroid dienone is 1. The second-order valence-electron chi connectivity index (χ2n) is 5.38. The van der Waals surface area contributed by atoms with Gasteiger partial charge in [-0.15, -0.1) is 0 Å². The third-order valence-electron chi connectivity index (χ3n) is 3.97. The Labute approximate surface area is 136 Å². The van der Waals surface area contributed by atoms with Crippen molar-refractivity contribution in [2.75, 3.05) is 0 Å². The van der Waals surface area contributed by atoms with Crippen LogP contribution >= 0.6 is 15.9 Å². The van der Waals surface area contributed by atoms with E-state index in [1.54, 1.807) is 0 Å². The maximum Gasteiger partial charge on any atom is 0.281 e. The van der Waals surface area contributed by atoms with E-state index in [2.05, 4.69) is 43.7 Å². The highest BCUT2D eigenvalue weighted by molar-refractivity contribution is 9.10. The number of fused-ring (bicyclic) bond motifs is 3. The van der Waals surface area contributed by atoms with E-state index in [1.165, 1.54) is 0 Å². The van der Waals surface area contributed by atoms with Crippen molar-refractivity contribution in [1.82, 2.24) is 9.55 Å². The van der Waals surface area contributed by atoms with Crippen LogP contribution in [0.15, 0.2) is 57.8 Å². The van der Waals surface area contributed by atoms with Crippen molar-refractivity contribution in [2.24, 2.45) is 0 Å². The highest BCUT2D eigenvalue weighted by atomic mass is 79.9. The lowest BCUT2D eigenvalue weighted by atomic mass is 10.1. The molecular weight excluding hydrogens is 340 g/mol. The first-order chi connectivity index (χ1) is 10.7. The zero-order chi connectivity index (χ0) is 15.1. The van der Waals surface area contributed by atoms with Gasteiger partial charge < -0.3 is 4.57 Å². The van der Waals surface area contributed by atoms with Gasteiger partial charge in [-0.2, -0.15) is 4.98 Å². The average Bonchev–Trinajstić information content (AvgIpc) is 2.91. The van der Waals surface area contributed by atoms with Crippen LogP contribution in [-0.2, 0) is 6.54 Å². The molecule has 1 aliphatic heterocycles. The van der Waals surface area contributed by atoms with Crippen molar-refractivity contribution < 1.29 is 0 Å². The van der Waals surface area contributed by atoms with E-state index in [0.717, 1.165) is 39.9 Å². The Bertz CT molecular complexity index is 972. The number of hydrogen-bond donors (Lipinski definition) is 0. The molecule has 0 saturated carbocycles. The van der Waals surface area contributed by atoms with Gasteiger partial charge in [0.2, 0.25) is 0 Å². The molecule has 0 N–H and O–H groups in total. The van der Waals surface area contributed by atoms with Gasteiger partial charge in [0.05, 0.1) is 10.9 Å². The number of hydrogen-bond acceptors (Lipinski definition) is 2. The third-order valence-corrected chi connectivity index (χ3v) is 4.46. The van der Waals surface area contributed by atoms with Crippen molar-refractivity contribution >= 4 is 38.5 Å². The van der Waals surface area contributed by atoms with Crippen molar-refractivity contribution in [3.63, 3.8) is 0 Å². The van der Waals surface area contributed by atoms with Crippen LogP contribution in [0, 0.1) is 0 Å². The molecule has 22 heavy (non-hydrogen) atoms. The predicted octanol–water partition coefficient (Wildman–Crippen LogP) is 4.10. The molecule has 0 fully saturated rings. The molecule has 2 heterocycles. The molecule has 0 saturated heterocycles. The van der Waals surface area contributed by atoms with Crippen LogP contribution in [0.25, 0.3) is 22.6 Å². The summed E-state index contributed by atoms with van der Waals surface area (Å²) in [4.78, 5) is 16.5. The number of aromatic nitrogens is 2. The Morgan fingerprint density at radius 3 is 2.86 bits per heavy atom. The fourth-order valence-corrected chi connectivity index (χ4v) is 3.39. The lowest BCUT2D eigenvalue weighted by Gasteiger charge is -2.07. The summed E-state index contributed by atoms with van der Waals surface area (Å²) in [6, 6.07) is 15.8. The van der Waals surface area contributed by atoms with E-state index in [0.29, 0.717) is 5.39 Å². The summed E-state index contributed by atoms with van der Waals surface area (Å²) in [6.45, 7) is 0.864. The Hall–Kier alpha value is -2.20. The fourth-order valence-electron chi connectivity index (χ4n) is 2.97. The minimum absolute atomic E-state index is 0.149. The van der Waals surface area contributed by atoms with Crippen LogP contribution in [0.1, 0.15) is 17.8 Å². The van der Waals surface area contributed by atoms with Gasteiger partial charge in [0.15, 0.2) is 0 Å². The number of nitrogens with zero attached hydrogens (tertiary/aromatic N) is 2. The number of para-hydroxylation sites is 1. The summed E-state index contributed by atoms with van der Waals surface area (Å²) in [6.07, 6.45) is 3.01. The van der Waals surface area contributed by atoms with E-state index in [4.69, 9.17) is 0 Å². The van der Waals surface area contributed by atoms with Gasteiger partial charge in [0.25, 0.3) is 5.56 Å². The van der Waals surface area contributed by atoms with E-state index in [1.807, 2.05) is 36.4 Å². The summed E-state index contributed by atoms with van der Waals surface area (Å²) in [5, 5.41) is 0.690. The minimum Gasteiger partial charge on any atom is -0.325 e. The first-order valence-electron chi connectivity index (χ1n) is 7.18. The van der Waals surface area contributed by atoms with Crippen LogP contribution in [0.4, 0.5) is 0 Å². The third kappa shape index (κ3) is 2.20. The molecule has 0 aliphatic carbocycles. The van der Waals surface area contributed by atoms with Crippen molar-refractivity contribution in [1.29, 1.82) is 0 Å². The second kappa shape index (κ2) is 5.21. The topological polar surface area (TPSA) is 34.9 Å². The largest absolute Gasteiger partial charge is 0.325 e. The summed E-state index contributed by atoms with van der Waals surface area (Å²) in [7, 11) is 0. The Morgan fingerprint density at radius 1 is 1.14 bits per heavy atom. The van der Waals surface area contributed by atoms with Crippen molar-refractivity contribution in [3.05, 3.63) is 74.7 Å². The zero-order valence-electron chi connectivity index (χ0n) is 11.8. The first kappa shape index (κ1) is 13.5. The fraction of sp³-hybridized carbons (Fsp3) is 0.111. The normalized spacial score (nSPS) is 15.4. The predicted molar refractivity (Wildman–Crippen MR) is 92.6 cm³/mol. The van der Waals surface area contributed by atoms with Crippen molar-refractivity contribution in [2.45, 2.75) is 13.0 Å². The van der Waals surface area contributed by atoms with Gasteiger partial charge in [-0.1, -0.05) is 40.2 Å². The van der Waals surface area contributed by atoms with Gasteiger partial charge in [0.1, 0.15) is 5.82 Å². The van der Waals surface area contributed by atoms with Crippen molar-refractivity contribution in [3.8, 4) is 0 Å². The SMILES string of the molecule is O=c1nc2n(c3ccccc13)CCC2=Cc1cccc(Br)c1. The molecule has 4 heteroatoms. The van der Waals surface area contributed by atoms with Gasteiger partial charge >= 0.3 is 0 Å². The molecule has 0 unspecified atom stereocenters.